The molecule has 2 atom stereocenters. The molecule has 0 aliphatic rings. The second-order valence-corrected chi connectivity index (χ2v) is 2.94. The van der Waals surface area contributed by atoms with E-state index in [1.54, 1.807) is 19.9 Å². The van der Waals surface area contributed by atoms with Gasteiger partial charge in [0.25, 0.3) is 0 Å². The van der Waals surface area contributed by atoms with E-state index in [0.717, 1.165) is 0 Å². The second kappa shape index (κ2) is 6.01. The Balaban J connectivity index is 4.03. The number of hydrogen-bond acceptors (Lipinski definition) is 2. The van der Waals surface area contributed by atoms with Crippen molar-refractivity contribution in [1.29, 1.82) is 0 Å². The summed E-state index contributed by atoms with van der Waals surface area (Å²) >= 11 is 0. The largest absolute Gasteiger partial charge is 0.480 e. The lowest BCUT2D eigenvalue weighted by Crippen LogP contribution is -2.47. The van der Waals surface area contributed by atoms with Crippen LogP contribution in [0.15, 0.2) is 12.7 Å². The van der Waals surface area contributed by atoms with Gasteiger partial charge in [-0.2, -0.15) is 0 Å². The highest BCUT2D eigenvalue weighted by atomic mass is 16.4. The van der Waals surface area contributed by atoms with E-state index in [2.05, 4.69) is 17.2 Å². The Morgan fingerprint density at radius 3 is 2.43 bits per heavy atom. The first kappa shape index (κ1) is 12.5. The van der Waals surface area contributed by atoms with E-state index in [0.29, 0.717) is 6.42 Å². The van der Waals surface area contributed by atoms with Crippen LogP contribution >= 0.6 is 0 Å². The molecule has 0 bridgehead atoms. The lowest BCUT2D eigenvalue weighted by molar-refractivity contribution is -0.139. The Hall–Kier alpha value is -1.52. The van der Waals surface area contributed by atoms with Gasteiger partial charge in [0, 0.05) is 6.04 Å². The number of nitrogens with one attached hydrogen (secondary N) is 2. The van der Waals surface area contributed by atoms with E-state index in [9.17, 15) is 9.59 Å². The molecule has 0 radical (unpaired) electrons. The SMILES string of the molecule is C=CC(C)NC(=O)N[C@@H](CC)C(=O)O. The number of aliphatic carboxylic acids is 1. The van der Waals surface area contributed by atoms with Crippen molar-refractivity contribution in [2.24, 2.45) is 0 Å². The fourth-order valence-corrected chi connectivity index (χ4v) is 0.804. The fraction of sp³-hybridized carbons (Fsp3) is 0.556. The van der Waals surface area contributed by atoms with Gasteiger partial charge in [-0.1, -0.05) is 13.0 Å². The number of amides is 2. The lowest BCUT2D eigenvalue weighted by Gasteiger charge is -2.15. The summed E-state index contributed by atoms with van der Waals surface area (Å²) < 4.78 is 0. The Morgan fingerprint density at radius 2 is 2.07 bits per heavy atom. The molecule has 0 saturated heterocycles. The van der Waals surface area contributed by atoms with Crippen LogP contribution in [0.25, 0.3) is 0 Å². The van der Waals surface area contributed by atoms with Crippen molar-refractivity contribution in [3.8, 4) is 0 Å². The minimum atomic E-state index is -1.03. The standard InChI is InChI=1S/C9H16N2O3/c1-4-6(3)10-9(14)11-7(5-2)8(12)13/h4,6-7H,1,5H2,2-3H3,(H,12,13)(H2,10,11,14)/t6?,7-/m0/s1. The molecule has 5 nitrogen and oxygen atoms in total. The van der Waals surface area contributed by atoms with E-state index in [4.69, 9.17) is 5.11 Å². The highest BCUT2D eigenvalue weighted by Crippen LogP contribution is 1.91. The molecule has 0 aromatic heterocycles. The van der Waals surface area contributed by atoms with Gasteiger partial charge in [0.05, 0.1) is 0 Å². The van der Waals surface area contributed by atoms with Gasteiger partial charge in [-0.25, -0.2) is 9.59 Å². The van der Waals surface area contributed by atoms with Gasteiger partial charge < -0.3 is 15.7 Å². The summed E-state index contributed by atoms with van der Waals surface area (Å²) in [6.45, 7) is 6.92. The molecule has 0 aromatic rings. The van der Waals surface area contributed by atoms with E-state index in [-0.39, 0.29) is 6.04 Å². The molecule has 0 aliphatic carbocycles. The summed E-state index contributed by atoms with van der Waals surface area (Å²) in [5.41, 5.74) is 0. The van der Waals surface area contributed by atoms with E-state index in [1.807, 2.05) is 0 Å². The van der Waals surface area contributed by atoms with Gasteiger partial charge >= 0.3 is 12.0 Å². The van der Waals surface area contributed by atoms with E-state index < -0.39 is 18.0 Å². The number of carboxylic acid groups (broad SMARTS) is 1. The predicted octanol–water partition coefficient (Wildman–Crippen LogP) is 0.723. The van der Waals surface area contributed by atoms with Crippen LogP contribution in [0, 0.1) is 0 Å². The van der Waals surface area contributed by atoms with Crippen molar-refractivity contribution in [2.45, 2.75) is 32.4 Å². The van der Waals surface area contributed by atoms with Gasteiger partial charge in [-0.3, -0.25) is 0 Å². The molecule has 0 spiro atoms. The summed E-state index contributed by atoms with van der Waals surface area (Å²) in [6.07, 6.45) is 1.91. The fourth-order valence-electron chi connectivity index (χ4n) is 0.804. The smallest absolute Gasteiger partial charge is 0.326 e. The highest BCUT2D eigenvalue weighted by Gasteiger charge is 2.17. The summed E-state index contributed by atoms with van der Waals surface area (Å²) in [5, 5.41) is 13.5. The first-order chi connectivity index (χ1) is 6.51. The zero-order valence-corrected chi connectivity index (χ0v) is 8.41. The van der Waals surface area contributed by atoms with Crippen LogP contribution in [-0.2, 0) is 4.79 Å². The molecule has 0 aliphatic heterocycles. The van der Waals surface area contributed by atoms with E-state index in [1.165, 1.54) is 0 Å². The molecule has 5 heteroatoms. The Bertz CT molecular complexity index is 228. The van der Waals surface area contributed by atoms with Crippen LogP contribution in [0.5, 0.6) is 0 Å². The lowest BCUT2D eigenvalue weighted by atomic mass is 10.2. The predicted molar refractivity (Wildman–Crippen MR) is 53.0 cm³/mol. The second-order valence-electron chi connectivity index (χ2n) is 2.94. The van der Waals surface area contributed by atoms with Crippen molar-refractivity contribution in [3.63, 3.8) is 0 Å². The van der Waals surface area contributed by atoms with Crippen molar-refractivity contribution in [1.82, 2.24) is 10.6 Å². The minimum Gasteiger partial charge on any atom is -0.480 e. The molecule has 0 rings (SSSR count). The maximum Gasteiger partial charge on any atom is 0.326 e. The Kier molecular flexibility index (Phi) is 5.36. The Labute approximate surface area is 83.2 Å². The van der Waals surface area contributed by atoms with Gasteiger partial charge in [0.2, 0.25) is 0 Å². The van der Waals surface area contributed by atoms with Crippen molar-refractivity contribution in [2.75, 3.05) is 0 Å². The highest BCUT2D eigenvalue weighted by molar-refractivity contribution is 5.82. The number of carbonyl (C=O) groups is 2. The van der Waals surface area contributed by atoms with Gasteiger partial charge in [-0.05, 0) is 13.3 Å². The summed E-state index contributed by atoms with van der Waals surface area (Å²) in [4.78, 5) is 21.7. The molecule has 3 N–H and O–H groups in total. The Morgan fingerprint density at radius 1 is 1.50 bits per heavy atom. The maximum atomic E-state index is 11.2. The van der Waals surface area contributed by atoms with Gasteiger partial charge in [0.1, 0.15) is 6.04 Å². The third kappa shape index (κ3) is 4.49. The summed E-state index contributed by atoms with van der Waals surface area (Å²) in [5.74, 6) is -1.03. The monoisotopic (exact) mass is 200 g/mol. The van der Waals surface area contributed by atoms with Crippen molar-refractivity contribution in [3.05, 3.63) is 12.7 Å². The van der Waals surface area contributed by atoms with Crippen LogP contribution < -0.4 is 10.6 Å². The maximum absolute atomic E-state index is 11.2. The molecule has 0 fully saturated rings. The quantitative estimate of drug-likeness (QED) is 0.572. The molecule has 14 heavy (non-hydrogen) atoms. The average molecular weight is 200 g/mol. The van der Waals surface area contributed by atoms with Crippen LogP contribution in [0.1, 0.15) is 20.3 Å². The van der Waals surface area contributed by atoms with Crippen LogP contribution in [0.2, 0.25) is 0 Å². The molecule has 80 valence electrons. The van der Waals surface area contributed by atoms with Crippen LogP contribution in [0.4, 0.5) is 4.79 Å². The number of carbonyl (C=O) groups excluding carboxylic acids is 1. The van der Waals surface area contributed by atoms with E-state index >= 15 is 0 Å². The molecule has 0 saturated carbocycles. The van der Waals surface area contributed by atoms with Gasteiger partial charge in [-0.15, -0.1) is 6.58 Å². The number of carboxylic acids is 1. The number of rotatable bonds is 5. The molecule has 2 amide bonds. The first-order valence-corrected chi connectivity index (χ1v) is 4.43. The van der Waals surface area contributed by atoms with Crippen molar-refractivity contribution >= 4 is 12.0 Å². The van der Waals surface area contributed by atoms with Crippen molar-refractivity contribution < 1.29 is 14.7 Å². The first-order valence-electron chi connectivity index (χ1n) is 4.43. The molecular weight excluding hydrogens is 184 g/mol. The molecule has 0 aromatic carbocycles. The van der Waals surface area contributed by atoms with Gasteiger partial charge in [0.15, 0.2) is 0 Å². The van der Waals surface area contributed by atoms with Crippen LogP contribution in [0.3, 0.4) is 0 Å². The molecule has 1 unspecified atom stereocenters. The topological polar surface area (TPSA) is 78.4 Å². The minimum absolute atomic E-state index is 0.179. The summed E-state index contributed by atoms with van der Waals surface area (Å²) in [7, 11) is 0. The third-order valence-corrected chi connectivity index (χ3v) is 1.72. The molecule has 0 heterocycles. The average Bonchev–Trinajstić information content (AvgIpc) is 2.13. The molecular formula is C9H16N2O3. The number of hydrogen-bond donors (Lipinski definition) is 3. The normalized spacial score (nSPS) is 13.9. The zero-order valence-electron chi connectivity index (χ0n) is 8.41. The third-order valence-electron chi connectivity index (χ3n) is 1.72. The summed E-state index contributed by atoms with van der Waals surface area (Å²) in [6, 6.07) is -1.51. The zero-order chi connectivity index (χ0) is 11.1. The van der Waals surface area contributed by atoms with Crippen LogP contribution in [-0.4, -0.2) is 29.2 Å². The number of urea groups is 1.